The molecule has 0 aromatic rings. The van der Waals surface area contributed by atoms with Crippen LogP contribution in [0.25, 0.3) is 0 Å². The van der Waals surface area contributed by atoms with Crippen molar-refractivity contribution in [2.45, 2.75) is 19.4 Å². The fraction of sp³-hybridized carbons (Fsp3) is 0.714. The molecule has 0 rings (SSSR count). The Morgan fingerprint density at radius 3 is 2.38 bits per heavy atom. The lowest BCUT2D eigenvalue weighted by Gasteiger charge is -2.21. The molecule has 0 saturated carbocycles. The Hall–Kier alpha value is -1.14. The maximum atomic E-state index is 11.2. The molecule has 6 nitrogen and oxygen atoms in total. The number of hydroxylamine groups is 1. The molecule has 0 aliphatic rings. The second-order valence-electron chi connectivity index (χ2n) is 3.06. The summed E-state index contributed by atoms with van der Waals surface area (Å²) in [6.45, 7) is 3.03. The molecule has 0 radical (unpaired) electrons. The molecule has 13 heavy (non-hydrogen) atoms. The van der Waals surface area contributed by atoms with Gasteiger partial charge in [-0.05, 0) is 20.9 Å². The SMILES string of the molecule is CNC(C)(C)C(=O)NOCC(N)=O. The Morgan fingerprint density at radius 2 is 2.00 bits per heavy atom. The average Bonchev–Trinajstić information content (AvgIpc) is 2.03. The number of carbonyl (C=O) groups excluding carboxylic acids is 2. The highest BCUT2D eigenvalue weighted by molar-refractivity contribution is 5.84. The Balaban J connectivity index is 3.81. The smallest absolute Gasteiger partial charge is 0.263 e. The van der Waals surface area contributed by atoms with Crippen molar-refractivity contribution in [2.75, 3.05) is 13.7 Å². The van der Waals surface area contributed by atoms with Crippen molar-refractivity contribution in [1.29, 1.82) is 0 Å². The van der Waals surface area contributed by atoms with Crippen LogP contribution in [0.2, 0.25) is 0 Å². The molecule has 0 saturated heterocycles. The topological polar surface area (TPSA) is 93.4 Å². The molecular weight excluding hydrogens is 174 g/mol. The molecule has 0 heterocycles. The standard InChI is InChI=1S/C7H15N3O3/c1-7(2,9-3)6(12)10-13-4-5(8)11/h9H,4H2,1-3H3,(H2,8,11)(H,10,12). The molecule has 0 unspecified atom stereocenters. The zero-order valence-electron chi connectivity index (χ0n) is 8.01. The van der Waals surface area contributed by atoms with E-state index < -0.39 is 11.4 Å². The van der Waals surface area contributed by atoms with Crippen molar-refractivity contribution in [3.63, 3.8) is 0 Å². The molecule has 0 spiro atoms. The van der Waals surface area contributed by atoms with E-state index in [1.807, 2.05) is 0 Å². The van der Waals surface area contributed by atoms with Gasteiger partial charge < -0.3 is 11.1 Å². The monoisotopic (exact) mass is 189 g/mol. The van der Waals surface area contributed by atoms with E-state index in [0.29, 0.717) is 0 Å². The highest BCUT2D eigenvalue weighted by Crippen LogP contribution is 1.99. The normalized spacial score (nSPS) is 11.0. The van der Waals surface area contributed by atoms with E-state index >= 15 is 0 Å². The number of amides is 2. The number of nitrogens with two attached hydrogens (primary N) is 1. The lowest BCUT2D eigenvalue weighted by Crippen LogP contribution is -2.51. The van der Waals surface area contributed by atoms with Crippen LogP contribution in [0.4, 0.5) is 0 Å². The molecule has 4 N–H and O–H groups in total. The van der Waals surface area contributed by atoms with Gasteiger partial charge in [-0.1, -0.05) is 0 Å². The lowest BCUT2D eigenvalue weighted by molar-refractivity contribution is -0.142. The molecule has 76 valence electrons. The summed E-state index contributed by atoms with van der Waals surface area (Å²) in [7, 11) is 1.65. The Kier molecular flexibility index (Phi) is 4.36. The molecule has 0 atom stereocenters. The summed E-state index contributed by atoms with van der Waals surface area (Å²) in [5.74, 6) is -1.00. The van der Waals surface area contributed by atoms with Crippen molar-refractivity contribution in [3.05, 3.63) is 0 Å². The van der Waals surface area contributed by atoms with Crippen molar-refractivity contribution < 1.29 is 14.4 Å². The molecule has 6 heteroatoms. The third kappa shape index (κ3) is 4.44. The van der Waals surface area contributed by atoms with Crippen molar-refractivity contribution in [2.24, 2.45) is 5.73 Å². The van der Waals surface area contributed by atoms with Gasteiger partial charge in [-0.2, -0.15) is 0 Å². The summed E-state index contributed by atoms with van der Waals surface area (Å²) in [5.41, 5.74) is 6.15. The van der Waals surface area contributed by atoms with Crippen LogP contribution >= 0.6 is 0 Å². The number of likely N-dealkylation sites (N-methyl/N-ethyl adjacent to an activating group) is 1. The minimum absolute atomic E-state index is 0.328. The Labute approximate surface area is 76.8 Å². The fourth-order valence-electron chi connectivity index (χ4n) is 0.414. The Morgan fingerprint density at radius 1 is 1.46 bits per heavy atom. The Bertz CT molecular complexity index is 203. The van der Waals surface area contributed by atoms with Gasteiger partial charge >= 0.3 is 0 Å². The zero-order valence-corrected chi connectivity index (χ0v) is 8.01. The van der Waals surface area contributed by atoms with Gasteiger partial charge in [-0.15, -0.1) is 0 Å². The maximum absolute atomic E-state index is 11.2. The second kappa shape index (κ2) is 4.78. The number of nitrogens with one attached hydrogen (secondary N) is 2. The van der Waals surface area contributed by atoms with E-state index in [9.17, 15) is 9.59 Å². The molecule has 0 aromatic carbocycles. The van der Waals surface area contributed by atoms with E-state index in [1.165, 1.54) is 0 Å². The molecule has 2 amide bonds. The van der Waals surface area contributed by atoms with E-state index in [4.69, 9.17) is 5.73 Å². The first-order valence-corrected chi connectivity index (χ1v) is 3.79. The summed E-state index contributed by atoms with van der Waals surface area (Å²) in [4.78, 5) is 26.0. The van der Waals surface area contributed by atoms with Crippen LogP contribution in [0, 0.1) is 0 Å². The molecule has 0 bridgehead atoms. The summed E-state index contributed by atoms with van der Waals surface area (Å²) in [5, 5.41) is 2.77. The number of hydrogen-bond donors (Lipinski definition) is 3. The summed E-state index contributed by atoms with van der Waals surface area (Å²) in [6.07, 6.45) is 0. The van der Waals surface area contributed by atoms with Crippen LogP contribution in [-0.4, -0.2) is 31.0 Å². The summed E-state index contributed by atoms with van der Waals surface area (Å²) >= 11 is 0. The van der Waals surface area contributed by atoms with E-state index in [1.54, 1.807) is 20.9 Å². The maximum Gasteiger partial charge on any atom is 0.263 e. The highest BCUT2D eigenvalue weighted by atomic mass is 16.7. The van der Waals surface area contributed by atoms with Crippen LogP contribution in [0.15, 0.2) is 0 Å². The van der Waals surface area contributed by atoms with Crippen LogP contribution in [-0.2, 0) is 14.4 Å². The van der Waals surface area contributed by atoms with Crippen LogP contribution in [0.3, 0.4) is 0 Å². The molecular formula is C7H15N3O3. The largest absolute Gasteiger partial charge is 0.368 e. The number of hydrogen-bond acceptors (Lipinski definition) is 4. The third-order valence-corrected chi connectivity index (χ3v) is 1.57. The highest BCUT2D eigenvalue weighted by Gasteiger charge is 2.25. The van der Waals surface area contributed by atoms with Gasteiger partial charge in [-0.3, -0.25) is 14.4 Å². The van der Waals surface area contributed by atoms with E-state index in [0.717, 1.165) is 0 Å². The van der Waals surface area contributed by atoms with Gasteiger partial charge in [0, 0.05) is 0 Å². The molecule has 0 fully saturated rings. The van der Waals surface area contributed by atoms with Gasteiger partial charge in [-0.25, -0.2) is 5.48 Å². The lowest BCUT2D eigenvalue weighted by atomic mass is 10.1. The van der Waals surface area contributed by atoms with Crippen molar-refractivity contribution >= 4 is 11.8 Å². The van der Waals surface area contributed by atoms with Crippen LogP contribution in [0.1, 0.15) is 13.8 Å². The first kappa shape index (κ1) is 11.9. The van der Waals surface area contributed by atoms with Crippen LogP contribution < -0.4 is 16.5 Å². The average molecular weight is 189 g/mol. The van der Waals surface area contributed by atoms with Gasteiger partial charge in [0.25, 0.3) is 5.91 Å². The number of primary amides is 1. The number of carbonyl (C=O) groups is 2. The predicted octanol–water partition coefficient (Wildman–Crippen LogP) is -1.48. The van der Waals surface area contributed by atoms with Gasteiger partial charge in [0.1, 0.15) is 0 Å². The van der Waals surface area contributed by atoms with Crippen molar-refractivity contribution in [3.8, 4) is 0 Å². The predicted molar refractivity (Wildman–Crippen MR) is 46.4 cm³/mol. The molecule has 0 aliphatic heterocycles. The minimum atomic E-state index is -0.738. The molecule has 0 aliphatic carbocycles. The fourth-order valence-corrected chi connectivity index (χ4v) is 0.414. The summed E-state index contributed by atoms with van der Waals surface area (Å²) in [6, 6.07) is 0. The van der Waals surface area contributed by atoms with Gasteiger partial charge in [0.2, 0.25) is 5.91 Å². The first-order valence-electron chi connectivity index (χ1n) is 3.79. The quantitative estimate of drug-likeness (QED) is 0.460. The van der Waals surface area contributed by atoms with Gasteiger partial charge in [0.15, 0.2) is 6.61 Å². The number of rotatable bonds is 5. The zero-order chi connectivity index (χ0) is 10.5. The minimum Gasteiger partial charge on any atom is -0.368 e. The van der Waals surface area contributed by atoms with Gasteiger partial charge in [0.05, 0.1) is 5.54 Å². The van der Waals surface area contributed by atoms with E-state index in [-0.39, 0.29) is 12.5 Å². The molecule has 0 aromatic heterocycles. The third-order valence-electron chi connectivity index (χ3n) is 1.57. The first-order chi connectivity index (χ1) is 5.90. The summed E-state index contributed by atoms with van der Waals surface area (Å²) < 4.78 is 0. The van der Waals surface area contributed by atoms with E-state index in [2.05, 4.69) is 15.6 Å². The van der Waals surface area contributed by atoms with Crippen molar-refractivity contribution in [1.82, 2.24) is 10.8 Å². The second-order valence-corrected chi connectivity index (χ2v) is 3.06. The van der Waals surface area contributed by atoms with Crippen LogP contribution in [0.5, 0.6) is 0 Å².